The van der Waals surface area contributed by atoms with Gasteiger partial charge in [-0.05, 0) is 24.0 Å². The zero-order valence-electron chi connectivity index (χ0n) is 9.36. The Morgan fingerprint density at radius 3 is 2.53 bits per heavy atom. The van der Waals surface area contributed by atoms with Gasteiger partial charge in [0.25, 0.3) is 0 Å². The second-order valence-electron chi connectivity index (χ2n) is 3.85. The van der Waals surface area contributed by atoms with Gasteiger partial charge in [0.15, 0.2) is 7.28 Å². The second kappa shape index (κ2) is 5.44. The topological polar surface area (TPSA) is 23.9 Å². The predicted molar refractivity (Wildman–Crippen MR) is 69.8 cm³/mol. The Morgan fingerprint density at radius 2 is 1.88 bits per heavy atom. The lowest BCUT2D eigenvalue weighted by atomic mass is 9.65. The fourth-order valence-corrected chi connectivity index (χ4v) is 1.62. The van der Waals surface area contributed by atoms with E-state index < -0.39 is 0 Å². The Balaban J connectivity index is 1.99. The molecular formula is C14H12BFN. The van der Waals surface area contributed by atoms with Gasteiger partial charge in [-0.1, -0.05) is 47.4 Å². The van der Waals surface area contributed by atoms with Crippen LogP contribution in [0.3, 0.4) is 0 Å². The number of rotatable bonds is 4. The summed E-state index contributed by atoms with van der Waals surface area (Å²) in [6, 6.07) is 14.3. The maximum Gasteiger partial charge on any atom is 0.156 e. The monoisotopic (exact) mass is 224 g/mol. The minimum Gasteiger partial charge on any atom is -0.308 e. The molecule has 1 radical (unpaired) electrons. The van der Waals surface area contributed by atoms with Crippen molar-refractivity contribution in [3.63, 3.8) is 0 Å². The van der Waals surface area contributed by atoms with Crippen LogP contribution in [0.25, 0.3) is 0 Å². The molecule has 1 N–H and O–H groups in total. The van der Waals surface area contributed by atoms with Crippen molar-refractivity contribution in [2.45, 2.75) is 6.32 Å². The molecule has 2 aromatic carbocycles. The van der Waals surface area contributed by atoms with E-state index in [-0.39, 0.29) is 5.82 Å². The molecular weight excluding hydrogens is 212 g/mol. The lowest BCUT2D eigenvalue weighted by Crippen LogP contribution is -2.16. The summed E-state index contributed by atoms with van der Waals surface area (Å²) < 4.78 is 12.9. The summed E-state index contributed by atoms with van der Waals surface area (Å²) in [5.41, 5.74) is 2.93. The Labute approximate surface area is 101 Å². The molecule has 0 aliphatic carbocycles. The van der Waals surface area contributed by atoms with Gasteiger partial charge >= 0.3 is 0 Å². The SMILES string of the molecule is N=Cc1ccc(C[B]c2cccc(F)c2)cc1. The van der Waals surface area contributed by atoms with E-state index in [4.69, 9.17) is 5.41 Å². The van der Waals surface area contributed by atoms with Gasteiger partial charge in [-0.15, -0.1) is 0 Å². The van der Waals surface area contributed by atoms with Crippen molar-refractivity contribution in [3.05, 3.63) is 65.5 Å². The molecule has 0 saturated heterocycles. The molecule has 0 heterocycles. The van der Waals surface area contributed by atoms with Crippen LogP contribution < -0.4 is 5.46 Å². The maximum absolute atomic E-state index is 12.9. The van der Waals surface area contributed by atoms with Gasteiger partial charge in [0, 0.05) is 6.21 Å². The molecule has 0 saturated carbocycles. The van der Waals surface area contributed by atoms with Gasteiger partial charge in [0.2, 0.25) is 0 Å². The smallest absolute Gasteiger partial charge is 0.156 e. The average molecular weight is 224 g/mol. The number of hydrogen-bond acceptors (Lipinski definition) is 1. The van der Waals surface area contributed by atoms with Crippen LogP contribution in [0, 0.1) is 11.2 Å². The fraction of sp³-hybridized carbons (Fsp3) is 0.0714. The molecule has 3 heteroatoms. The third kappa shape index (κ3) is 3.28. The highest BCUT2D eigenvalue weighted by molar-refractivity contribution is 6.52. The van der Waals surface area contributed by atoms with Crippen molar-refractivity contribution >= 4 is 19.0 Å². The average Bonchev–Trinajstić information content (AvgIpc) is 2.37. The molecule has 2 aromatic rings. The lowest BCUT2D eigenvalue weighted by Gasteiger charge is -2.01. The van der Waals surface area contributed by atoms with Crippen LogP contribution in [0.1, 0.15) is 11.1 Å². The van der Waals surface area contributed by atoms with E-state index in [0.717, 1.165) is 22.9 Å². The molecule has 2 rings (SSSR count). The summed E-state index contributed by atoms with van der Waals surface area (Å²) in [6.45, 7) is 0. The molecule has 17 heavy (non-hydrogen) atoms. The zero-order valence-corrected chi connectivity index (χ0v) is 9.36. The van der Waals surface area contributed by atoms with E-state index in [2.05, 4.69) is 0 Å². The standard InChI is InChI=1S/C14H12BFN/c16-14-3-1-2-13(8-14)15-9-11-4-6-12(10-17)7-5-11/h1-8,10,17H,9H2. The Bertz CT molecular complexity index is 508. The molecule has 0 aliphatic rings. The van der Waals surface area contributed by atoms with Gasteiger partial charge in [0.1, 0.15) is 5.82 Å². The first-order chi connectivity index (χ1) is 8.28. The van der Waals surface area contributed by atoms with Crippen LogP contribution in [0.2, 0.25) is 0 Å². The Morgan fingerprint density at radius 1 is 1.12 bits per heavy atom. The fourth-order valence-electron chi connectivity index (χ4n) is 1.62. The number of benzene rings is 2. The summed E-state index contributed by atoms with van der Waals surface area (Å²) >= 11 is 0. The summed E-state index contributed by atoms with van der Waals surface area (Å²) in [6.07, 6.45) is 2.09. The van der Waals surface area contributed by atoms with Crippen LogP contribution >= 0.6 is 0 Å². The zero-order chi connectivity index (χ0) is 12.1. The molecule has 0 fully saturated rings. The van der Waals surface area contributed by atoms with Gasteiger partial charge in [-0.3, -0.25) is 0 Å². The van der Waals surface area contributed by atoms with E-state index in [9.17, 15) is 4.39 Å². The quantitative estimate of drug-likeness (QED) is 0.608. The minimum absolute atomic E-state index is 0.210. The third-order valence-corrected chi connectivity index (χ3v) is 2.57. The summed E-state index contributed by atoms with van der Waals surface area (Å²) in [5, 5.41) is 7.10. The molecule has 83 valence electrons. The number of nitrogens with one attached hydrogen (secondary N) is 1. The van der Waals surface area contributed by atoms with Crippen LogP contribution in [0.5, 0.6) is 0 Å². The molecule has 0 amide bonds. The first-order valence-corrected chi connectivity index (χ1v) is 5.46. The Hall–Kier alpha value is -1.90. The molecule has 0 unspecified atom stereocenters. The van der Waals surface area contributed by atoms with Crippen molar-refractivity contribution < 1.29 is 4.39 Å². The van der Waals surface area contributed by atoms with Crippen molar-refractivity contribution in [1.82, 2.24) is 0 Å². The van der Waals surface area contributed by atoms with Gasteiger partial charge in [-0.2, -0.15) is 0 Å². The minimum atomic E-state index is -0.210. The van der Waals surface area contributed by atoms with E-state index in [1.807, 2.05) is 37.6 Å². The largest absolute Gasteiger partial charge is 0.308 e. The first kappa shape index (κ1) is 11.6. The molecule has 0 atom stereocenters. The number of halogens is 1. The Kier molecular flexibility index (Phi) is 3.71. The van der Waals surface area contributed by atoms with Gasteiger partial charge < -0.3 is 5.41 Å². The highest BCUT2D eigenvalue weighted by Crippen LogP contribution is 2.03. The van der Waals surface area contributed by atoms with Crippen LogP contribution in [0.4, 0.5) is 4.39 Å². The highest BCUT2D eigenvalue weighted by Gasteiger charge is 1.99. The molecule has 0 aromatic heterocycles. The van der Waals surface area contributed by atoms with E-state index >= 15 is 0 Å². The van der Waals surface area contributed by atoms with E-state index in [1.54, 1.807) is 6.07 Å². The lowest BCUT2D eigenvalue weighted by molar-refractivity contribution is 0.629. The molecule has 0 bridgehead atoms. The summed E-state index contributed by atoms with van der Waals surface area (Å²) in [7, 11) is 1.99. The highest BCUT2D eigenvalue weighted by atomic mass is 19.1. The van der Waals surface area contributed by atoms with Crippen LogP contribution in [-0.4, -0.2) is 13.5 Å². The van der Waals surface area contributed by atoms with Crippen LogP contribution in [0.15, 0.2) is 48.5 Å². The van der Waals surface area contributed by atoms with Gasteiger partial charge in [-0.25, -0.2) is 4.39 Å². The first-order valence-electron chi connectivity index (χ1n) is 5.46. The third-order valence-electron chi connectivity index (χ3n) is 2.57. The predicted octanol–water partition coefficient (Wildman–Crippen LogP) is 2.35. The van der Waals surface area contributed by atoms with Crippen LogP contribution in [-0.2, 0) is 6.32 Å². The van der Waals surface area contributed by atoms with Crippen molar-refractivity contribution in [2.75, 3.05) is 0 Å². The van der Waals surface area contributed by atoms with Crippen molar-refractivity contribution in [2.24, 2.45) is 0 Å². The van der Waals surface area contributed by atoms with Crippen molar-refractivity contribution in [1.29, 1.82) is 5.41 Å². The summed E-state index contributed by atoms with van der Waals surface area (Å²) in [5.74, 6) is -0.210. The van der Waals surface area contributed by atoms with Crippen molar-refractivity contribution in [3.8, 4) is 0 Å². The second-order valence-corrected chi connectivity index (χ2v) is 3.85. The summed E-state index contributed by atoms with van der Waals surface area (Å²) in [4.78, 5) is 0. The molecule has 0 aliphatic heterocycles. The normalized spacial score (nSPS) is 9.94. The van der Waals surface area contributed by atoms with E-state index in [1.165, 1.54) is 18.3 Å². The van der Waals surface area contributed by atoms with E-state index in [0.29, 0.717) is 0 Å². The van der Waals surface area contributed by atoms with Gasteiger partial charge in [0.05, 0.1) is 0 Å². The number of hydrogen-bond donors (Lipinski definition) is 1. The maximum atomic E-state index is 12.9. The molecule has 0 spiro atoms. The molecule has 1 nitrogen and oxygen atoms in total.